The largest absolute Gasteiger partial charge is 0.452 e. The van der Waals surface area contributed by atoms with Gasteiger partial charge in [0.25, 0.3) is 11.6 Å². The third-order valence-corrected chi connectivity index (χ3v) is 4.18. The first kappa shape index (κ1) is 23.2. The third kappa shape index (κ3) is 6.26. The highest BCUT2D eigenvalue weighted by molar-refractivity contribution is 5.98. The number of rotatable bonds is 7. The number of carbonyl (C=O) groups is 2. The average Bonchev–Trinajstić information content (AvgIpc) is 2.78. The molecule has 2 aromatic carbocycles. The van der Waals surface area contributed by atoms with Gasteiger partial charge in [-0.25, -0.2) is 9.78 Å². The molecule has 0 radical (unpaired) electrons. The number of amides is 1. The van der Waals surface area contributed by atoms with E-state index in [9.17, 15) is 32.9 Å². The van der Waals surface area contributed by atoms with Crippen LogP contribution in [-0.2, 0) is 15.7 Å². The number of nitro groups is 1. The minimum atomic E-state index is -4.54. The molecule has 0 atom stereocenters. The van der Waals surface area contributed by atoms with E-state index in [-0.39, 0.29) is 28.4 Å². The Labute approximate surface area is 184 Å². The molecular weight excluding hydrogens is 445 g/mol. The monoisotopic (exact) mass is 460 g/mol. The number of non-ortho nitro benzene ring substituents is 1. The van der Waals surface area contributed by atoms with E-state index in [1.807, 2.05) is 0 Å². The van der Waals surface area contributed by atoms with Crippen LogP contribution in [0.15, 0.2) is 66.9 Å². The van der Waals surface area contributed by atoms with E-state index < -0.39 is 35.1 Å². The maximum atomic E-state index is 12.9. The number of anilines is 3. The predicted octanol–water partition coefficient (Wildman–Crippen LogP) is 4.55. The highest BCUT2D eigenvalue weighted by Gasteiger charge is 2.30. The average molecular weight is 460 g/mol. The van der Waals surface area contributed by atoms with Gasteiger partial charge in [0, 0.05) is 29.7 Å². The number of nitrogens with one attached hydrogen (secondary N) is 2. The first-order valence-corrected chi connectivity index (χ1v) is 9.24. The Hall–Kier alpha value is -4.48. The Morgan fingerprint density at radius 1 is 1.03 bits per heavy atom. The molecule has 1 amide bonds. The Morgan fingerprint density at radius 3 is 2.42 bits per heavy atom. The molecule has 3 aromatic rings. The lowest BCUT2D eigenvalue weighted by Gasteiger charge is -2.12. The van der Waals surface area contributed by atoms with Gasteiger partial charge in [-0.3, -0.25) is 14.9 Å². The number of ether oxygens (including phenoxy) is 1. The van der Waals surface area contributed by atoms with Crippen LogP contribution in [-0.4, -0.2) is 28.4 Å². The summed E-state index contributed by atoms with van der Waals surface area (Å²) in [6.07, 6.45) is -3.21. The first-order valence-electron chi connectivity index (χ1n) is 9.24. The van der Waals surface area contributed by atoms with Crippen molar-refractivity contribution in [3.63, 3.8) is 0 Å². The molecule has 0 aliphatic rings. The third-order valence-electron chi connectivity index (χ3n) is 4.18. The summed E-state index contributed by atoms with van der Waals surface area (Å²) in [7, 11) is 0. The summed E-state index contributed by atoms with van der Waals surface area (Å²) < 4.78 is 43.7. The molecule has 0 bridgehead atoms. The van der Waals surface area contributed by atoms with Gasteiger partial charge in [-0.2, -0.15) is 13.2 Å². The molecule has 2 N–H and O–H groups in total. The van der Waals surface area contributed by atoms with Crippen molar-refractivity contribution >= 4 is 34.8 Å². The lowest BCUT2D eigenvalue weighted by Crippen LogP contribution is -2.21. The van der Waals surface area contributed by atoms with E-state index in [1.54, 1.807) is 0 Å². The molecule has 0 aliphatic heterocycles. The van der Waals surface area contributed by atoms with Crippen LogP contribution in [0.4, 0.5) is 36.1 Å². The van der Waals surface area contributed by atoms with Crippen molar-refractivity contribution in [2.45, 2.75) is 6.18 Å². The molecule has 12 heteroatoms. The minimum absolute atomic E-state index is 0.0495. The quantitative estimate of drug-likeness (QED) is 0.301. The number of pyridine rings is 1. The van der Waals surface area contributed by atoms with Crippen molar-refractivity contribution in [3.8, 4) is 0 Å². The molecule has 170 valence electrons. The maximum Gasteiger partial charge on any atom is 0.416 e. The number of aromatic nitrogens is 1. The second-order valence-corrected chi connectivity index (χ2v) is 6.53. The first-order chi connectivity index (χ1) is 15.6. The molecule has 1 heterocycles. The van der Waals surface area contributed by atoms with Gasteiger partial charge in [0.2, 0.25) is 0 Å². The second kappa shape index (κ2) is 9.77. The van der Waals surface area contributed by atoms with Crippen molar-refractivity contribution < 1.29 is 32.4 Å². The van der Waals surface area contributed by atoms with Gasteiger partial charge in [-0.15, -0.1) is 0 Å². The molecule has 0 saturated carbocycles. The Morgan fingerprint density at radius 2 is 1.76 bits per heavy atom. The van der Waals surface area contributed by atoms with Gasteiger partial charge in [-0.1, -0.05) is 6.07 Å². The zero-order valence-electron chi connectivity index (χ0n) is 16.6. The van der Waals surface area contributed by atoms with Crippen molar-refractivity contribution in [2.24, 2.45) is 0 Å². The van der Waals surface area contributed by atoms with E-state index in [0.29, 0.717) is 0 Å². The van der Waals surface area contributed by atoms with E-state index in [4.69, 9.17) is 4.74 Å². The number of hydrogen-bond acceptors (Lipinski definition) is 7. The predicted molar refractivity (Wildman–Crippen MR) is 111 cm³/mol. The molecule has 0 unspecified atom stereocenters. The van der Waals surface area contributed by atoms with Crippen LogP contribution in [0.25, 0.3) is 0 Å². The summed E-state index contributed by atoms with van der Waals surface area (Å²) in [5.41, 5.74) is -0.825. The zero-order chi connectivity index (χ0) is 24.0. The summed E-state index contributed by atoms with van der Waals surface area (Å²) >= 11 is 0. The van der Waals surface area contributed by atoms with Crippen LogP contribution in [0.3, 0.4) is 0 Å². The van der Waals surface area contributed by atoms with E-state index >= 15 is 0 Å². The van der Waals surface area contributed by atoms with Gasteiger partial charge in [0.15, 0.2) is 6.61 Å². The summed E-state index contributed by atoms with van der Waals surface area (Å²) in [4.78, 5) is 38.5. The van der Waals surface area contributed by atoms with Crippen LogP contribution >= 0.6 is 0 Å². The van der Waals surface area contributed by atoms with Crippen LogP contribution in [0.5, 0.6) is 0 Å². The number of hydrogen-bond donors (Lipinski definition) is 2. The number of benzene rings is 2. The summed E-state index contributed by atoms with van der Waals surface area (Å²) in [6.45, 7) is -0.673. The molecular formula is C21H15F3N4O5. The molecule has 3 rings (SSSR count). The molecule has 0 saturated heterocycles. The lowest BCUT2D eigenvalue weighted by molar-refractivity contribution is -0.384. The Balaban J connectivity index is 1.64. The fourth-order valence-corrected chi connectivity index (χ4v) is 2.65. The summed E-state index contributed by atoms with van der Waals surface area (Å²) in [5, 5.41) is 15.7. The fourth-order valence-electron chi connectivity index (χ4n) is 2.65. The number of alkyl halides is 3. The molecule has 1 aromatic heterocycles. The number of esters is 1. The maximum absolute atomic E-state index is 12.9. The lowest BCUT2D eigenvalue weighted by atomic mass is 10.2. The smallest absolute Gasteiger partial charge is 0.416 e. The number of nitrogens with zero attached hydrogens (tertiary/aromatic N) is 2. The van der Waals surface area contributed by atoms with Crippen molar-refractivity contribution in [2.75, 3.05) is 17.2 Å². The minimum Gasteiger partial charge on any atom is -0.452 e. The van der Waals surface area contributed by atoms with E-state index in [1.165, 1.54) is 54.7 Å². The van der Waals surface area contributed by atoms with Crippen LogP contribution in [0.1, 0.15) is 15.9 Å². The number of halogens is 3. The molecule has 0 spiro atoms. The Kier molecular flexibility index (Phi) is 6.86. The standard InChI is InChI=1S/C21H15F3N4O5/c22-21(23,24)13-3-1-4-15(11-13)27-19-17(5-2-10-25-19)20(30)33-12-18(29)26-14-6-8-16(9-7-14)28(31)32/h1-11H,12H2,(H,25,27)(H,26,29). The van der Waals surface area contributed by atoms with Gasteiger partial charge in [0.05, 0.1) is 10.5 Å². The van der Waals surface area contributed by atoms with Crippen molar-refractivity contribution in [1.82, 2.24) is 4.98 Å². The van der Waals surface area contributed by atoms with Gasteiger partial charge >= 0.3 is 12.1 Å². The Bertz CT molecular complexity index is 1180. The van der Waals surface area contributed by atoms with Gasteiger partial charge in [0.1, 0.15) is 11.4 Å². The number of nitro benzene ring substituents is 1. The van der Waals surface area contributed by atoms with Crippen molar-refractivity contribution in [1.29, 1.82) is 0 Å². The second-order valence-electron chi connectivity index (χ2n) is 6.53. The molecule has 9 nitrogen and oxygen atoms in total. The molecule has 0 fully saturated rings. The summed E-state index contributed by atoms with van der Waals surface area (Å²) in [5.74, 6) is -1.69. The zero-order valence-corrected chi connectivity index (χ0v) is 16.6. The highest BCUT2D eigenvalue weighted by atomic mass is 19.4. The molecule has 33 heavy (non-hydrogen) atoms. The normalized spacial score (nSPS) is 10.9. The van der Waals surface area contributed by atoms with E-state index in [0.717, 1.165) is 12.1 Å². The van der Waals surface area contributed by atoms with Gasteiger partial charge in [-0.05, 0) is 42.5 Å². The van der Waals surface area contributed by atoms with Crippen LogP contribution in [0.2, 0.25) is 0 Å². The van der Waals surface area contributed by atoms with E-state index in [2.05, 4.69) is 15.6 Å². The van der Waals surface area contributed by atoms with Gasteiger partial charge < -0.3 is 15.4 Å². The van der Waals surface area contributed by atoms with Crippen LogP contribution < -0.4 is 10.6 Å². The highest BCUT2D eigenvalue weighted by Crippen LogP contribution is 2.31. The topological polar surface area (TPSA) is 123 Å². The SMILES string of the molecule is O=C(COC(=O)c1cccnc1Nc1cccc(C(F)(F)F)c1)Nc1ccc([N+](=O)[O-])cc1. The summed E-state index contributed by atoms with van der Waals surface area (Å²) in [6, 6.07) is 12.1. The number of carbonyl (C=O) groups excluding carboxylic acids is 2. The molecule has 0 aliphatic carbocycles. The van der Waals surface area contributed by atoms with Crippen LogP contribution in [0, 0.1) is 10.1 Å². The fraction of sp³-hybridized carbons (Fsp3) is 0.0952. The van der Waals surface area contributed by atoms with Crippen molar-refractivity contribution in [3.05, 3.63) is 88.1 Å².